The van der Waals surface area contributed by atoms with Gasteiger partial charge in [-0.15, -0.1) is 0 Å². The van der Waals surface area contributed by atoms with Gasteiger partial charge in [0.25, 0.3) is 5.91 Å². The maximum absolute atomic E-state index is 12.9. The summed E-state index contributed by atoms with van der Waals surface area (Å²) in [7, 11) is 0. The van der Waals surface area contributed by atoms with E-state index in [1.165, 1.54) is 6.26 Å². The largest absolute Gasteiger partial charge is 0.459 e. The smallest absolute Gasteiger partial charge is 0.288 e. The molecule has 1 fully saturated rings. The second kappa shape index (κ2) is 7.24. The lowest BCUT2D eigenvalue weighted by Crippen LogP contribution is -2.54. The number of amides is 1. The van der Waals surface area contributed by atoms with Crippen molar-refractivity contribution in [3.05, 3.63) is 60.1 Å². The summed E-state index contributed by atoms with van der Waals surface area (Å²) in [5.41, 5.74) is 0.600. The van der Waals surface area contributed by atoms with Crippen molar-refractivity contribution in [1.29, 1.82) is 0 Å². The van der Waals surface area contributed by atoms with Gasteiger partial charge in [-0.2, -0.15) is 0 Å². The van der Waals surface area contributed by atoms with Gasteiger partial charge in [0.1, 0.15) is 6.17 Å². The minimum absolute atomic E-state index is 0.0904. The number of nitrogens with one attached hydrogen (secondary N) is 1. The number of ketones is 1. The molecule has 5 heteroatoms. The maximum atomic E-state index is 12.9. The van der Waals surface area contributed by atoms with Gasteiger partial charge in [0.05, 0.1) is 6.26 Å². The molecule has 0 bridgehead atoms. The van der Waals surface area contributed by atoms with Crippen molar-refractivity contribution in [3.8, 4) is 0 Å². The van der Waals surface area contributed by atoms with Gasteiger partial charge in [0.2, 0.25) is 0 Å². The number of nitrogens with zero attached hydrogens (tertiary/aromatic N) is 1. The second-order valence-electron chi connectivity index (χ2n) is 5.68. The minimum atomic E-state index is -0.657. The lowest BCUT2D eigenvalue weighted by Gasteiger charge is -2.33. The fourth-order valence-electron chi connectivity index (χ4n) is 2.86. The Hall–Kier alpha value is -2.40. The molecular weight excluding hydrogens is 292 g/mol. The summed E-state index contributed by atoms with van der Waals surface area (Å²) in [6.45, 7) is 1.61. The first-order valence-electron chi connectivity index (χ1n) is 7.93. The summed E-state index contributed by atoms with van der Waals surface area (Å²) >= 11 is 0. The van der Waals surface area contributed by atoms with Crippen LogP contribution in [0.1, 0.15) is 40.2 Å². The van der Waals surface area contributed by atoms with Crippen molar-refractivity contribution >= 4 is 11.7 Å². The van der Waals surface area contributed by atoms with Crippen LogP contribution in [0.15, 0.2) is 53.1 Å². The van der Waals surface area contributed by atoms with Crippen molar-refractivity contribution in [2.45, 2.75) is 25.4 Å². The van der Waals surface area contributed by atoms with Crippen LogP contribution in [0, 0.1) is 0 Å². The number of likely N-dealkylation sites (tertiary alicyclic amines) is 1. The number of Topliss-reactive ketones (excluding diaryl/α,β-unsaturated/α-hetero) is 1. The molecule has 1 atom stereocenters. The van der Waals surface area contributed by atoms with Gasteiger partial charge in [-0.05, 0) is 25.0 Å². The van der Waals surface area contributed by atoms with E-state index in [0.717, 1.165) is 32.4 Å². The number of furan rings is 1. The Bertz CT molecular complexity index is 646. The SMILES string of the molecule is O=C(N[C@@H](C(=O)c1ccccc1)N1CCCCC1)c1ccco1. The molecule has 1 N–H and O–H groups in total. The van der Waals surface area contributed by atoms with E-state index in [0.29, 0.717) is 5.56 Å². The third-order valence-corrected chi connectivity index (χ3v) is 4.08. The number of hydrogen-bond acceptors (Lipinski definition) is 4. The van der Waals surface area contributed by atoms with E-state index < -0.39 is 6.17 Å². The number of rotatable bonds is 5. The summed E-state index contributed by atoms with van der Waals surface area (Å²) in [5.74, 6) is -0.241. The van der Waals surface area contributed by atoms with Gasteiger partial charge < -0.3 is 9.73 Å². The molecule has 0 unspecified atom stereocenters. The van der Waals surface area contributed by atoms with Gasteiger partial charge >= 0.3 is 0 Å². The highest BCUT2D eigenvalue weighted by molar-refractivity contribution is 6.03. The Morgan fingerprint density at radius 1 is 1.00 bits per heavy atom. The molecule has 0 aliphatic carbocycles. The molecule has 1 aliphatic heterocycles. The molecule has 120 valence electrons. The van der Waals surface area contributed by atoms with Crippen LogP contribution in [0.4, 0.5) is 0 Å². The molecule has 1 aromatic carbocycles. The summed E-state index contributed by atoms with van der Waals surface area (Å²) < 4.78 is 5.13. The van der Waals surface area contributed by atoms with Crippen LogP contribution in [-0.2, 0) is 0 Å². The number of benzene rings is 1. The molecule has 1 amide bonds. The second-order valence-corrected chi connectivity index (χ2v) is 5.68. The normalized spacial score (nSPS) is 16.7. The number of carbonyl (C=O) groups excluding carboxylic acids is 2. The van der Waals surface area contributed by atoms with Gasteiger partial charge in [-0.25, -0.2) is 0 Å². The van der Waals surface area contributed by atoms with Crippen molar-refractivity contribution in [1.82, 2.24) is 10.2 Å². The van der Waals surface area contributed by atoms with E-state index in [2.05, 4.69) is 5.32 Å². The van der Waals surface area contributed by atoms with Crippen LogP contribution in [-0.4, -0.2) is 35.8 Å². The molecular formula is C18H20N2O3. The van der Waals surface area contributed by atoms with E-state index in [1.807, 2.05) is 23.1 Å². The van der Waals surface area contributed by atoms with Gasteiger partial charge in [0.15, 0.2) is 11.5 Å². The number of piperidine rings is 1. The maximum Gasteiger partial charge on any atom is 0.288 e. The highest BCUT2D eigenvalue weighted by Gasteiger charge is 2.30. The van der Waals surface area contributed by atoms with Crippen LogP contribution < -0.4 is 5.32 Å². The highest BCUT2D eigenvalue weighted by Crippen LogP contribution is 2.15. The lowest BCUT2D eigenvalue weighted by atomic mass is 10.0. The van der Waals surface area contributed by atoms with E-state index in [9.17, 15) is 9.59 Å². The molecule has 5 nitrogen and oxygen atoms in total. The molecule has 3 rings (SSSR count). The van der Waals surface area contributed by atoms with E-state index in [4.69, 9.17) is 4.42 Å². The standard InChI is InChI=1S/C18H20N2O3/c21-16(14-8-3-1-4-9-14)17(20-11-5-2-6-12-20)19-18(22)15-10-7-13-23-15/h1,3-4,7-10,13,17H,2,5-6,11-12H2,(H,19,22)/t17-/m1/s1. The Morgan fingerprint density at radius 3 is 2.39 bits per heavy atom. The van der Waals surface area contributed by atoms with E-state index in [-0.39, 0.29) is 17.5 Å². The summed E-state index contributed by atoms with van der Waals surface area (Å²) in [6, 6.07) is 12.3. The van der Waals surface area contributed by atoms with Gasteiger partial charge in [-0.3, -0.25) is 14.5 Å². The molecule has 1 aliphatic rings. The number of carbonyl (C=O) groups is 2. The Morgan fingerprint density at radius 2 is 1.74 bits per heavy atom. The van der Waals surface area contributed by atoms with Crippen LogP contribution >= 0.6 is 0 Å². The Kier molecular flexibility index (Phi) is 4.88. The average Bonchev–Trinajstić information content (AvgIpc) is 3.15. The zero-order valence-electron chi connectivity index (χ0n) is 12.9. The summed E-state index contributed by atoms with van der Waals surface area (Å²) in [5, 5.41) is 2.83. The van der Waals surface area contributed by atoms with Crippen molar-refractivity contribution in [2.75, 3.05) is 13.1 Å². The monoisotopic (exact) mass is 312 g/mol. The first kappa shape index (κ1) is 15.5. The molecule has 0 spiro atoms. The van der Waals surface area contributed by atoms with Crippen LogP contribution in [0.5, 0.6) is 0 Å². The molecule has 0 saturated carbocycles. The molecule has 2 aromatic rings. The quantitative estimate of drug-likeness (QED) is 0.862. The topological polar surface area (TPSA) is 62.6 Å². The van der Waals surface area contributed by atoms with E-state index in [1.54, 1.807) is 24.3 Å². The highest BCUT2D eigenvalue weighted by atomic mass is 16.3. The van der Waals surface area contributed by atoms with Crippen molar-refractivity contribution in [2.24, 2.45) is 0 Å². The Balaban J connectivity index is 1.81. The van der Waals surface area contributed by atoms with Crippen molar-refractivity contribution in [3.63, 3.8) is 0 Å². The summed E-state index contributed by atoms with van der Waals surface area (Å²) in [6.07, 6.45) is 4.03. The number of hydrogen-bond donors (Lipinski definition) is 1. The zero-order valence-corrected chi connectivity index (χ0v) is 12.9. The fraction of sp³-hybridized carbons (Fsp3) is 0.333. The molecule has 23 heavy (non-hydrogen) atoms. The van der Waals surface area contributed by atoms with E-state index >= 15 is 0 Å². The van der Waals surface area contributed by atoms with Gasteiger partial charge in [-0.1, -0.05) is 36.8 Å². The third kappa shape index (κ3) is 3.68. The van der Waals surface area contributed by atoms with Crippen LogP contribution in [0.2, 0.25) is 0 Å². The van der Waals surface area contributed by atoms with Gasteiger partial charge in [0, 0.05) is 18.7 Å². The molecule has 0 radical (unpaired) electrons. The average molecular weight is 312 g/mol. The predicted octanol–water partition coefficient (Wildman–Crippen LogP) is 2.70. The first-order valence-corrected chi connectivity index (χ1v) is 7.93. The van der Waals surface area contributed by atoms with Crippen LogP contribution in [0.25, 0.3) is 0 Å². The molecule has 1 aromatic heterocycles. The van der Waals surface area contributed by atoms with Crippen molar-refractivity contribution < 1.29 is 14.0 Å². The fourth-order valence-corrected chi connectivity index (χ4v) is 2.86. The predicted molar refractivity (Wildman–Crippen MR) is 86.2 cm³/mol. The van der Waals surface area contributed by atoms with Crippen LogP contribution in [0.3, 0.4) is 0 Å². The molecule has 2 heterocycles. The Labute approximate surface area is 135 Å². The minimum Gasteiger partial charge on any atom is -0.459 e. The molecule has 1 saturated heterocycles. The summed E-state index contributed by atoms with van der Waals surface area (Å²) in [4.78, 5) is 27.2. The zero-order chi connectivity index (χ0) is 16.1. The first-order chi connectivity index (χ1) is 11.3. The lowest BCUT2D eigenvalue weighted by molar-refractivity contribution is 0.0642. The third-order valence-electron chi connectivity index (χ3n) is 4.08.